The zero-order valence-corrected chi connectivity index (χ0v) is 15.1. The molecule has 2 N–H and O–H groups in total. The highest BCUT2D eigenvalue weighted by Crippen LogP contribution is 2.26. The molecule has 1 aliphatic rings. The summed E-state index contributed by atoms with van der Waals surface area (Å²) in [7, 11) is 3.69. The minimum Gasteiger partial charge on any atom is -0.368 e. The molecule has 1 aromatic rings. The monoisotopic (exact) mass is 326 g/mol. The maximum Gasteiger partial charge on any atom is 0.250 e. The van der Waals surface area contributed by atoms with E-state index < -0.39 is 0 Å². The lowest BCUT2D eigenvalue weighted by atomic mass is 10.0. The Hall–Kier alpha value is -2.40. The number of fused-ring (bicyclic) bond motifs is 1. The van der Waals surface area contributed by atoms with E-state index in [0.29, 0.717) is 11.7 Å². The minimum absolute atomic E-state index is 0.0998. The van der Waals surface area contributed by atoms with Gasteiger partial charge in [-0.05, 0) is 57.2 Å². The van der Waals surface area contributed by atoms with Crippen LogP contribution in [-0.4, -0.2) is 36.1 Å². The van der Waals surface area contributed by atoms with Crippen molar-refractivity contribution in [2.45, 2.75) is 33.5 Å². The molecule has 0 aliphatic carbocycles. The van der Waals surface area contributed by atoms with Gasteiger partial charge in [0.1, 0.15) is 0 Å². The number of hydrogen-bond acceptors (Lipinski definition) is 4. The van der Waals surface area contributed by atoms with Gasteiger partial charge >= 0.3 is 0 Å². The molecule has 1 atom stereocenters. The average Bonchev–Trinajstić information content (AvgIpc) is 2.55. The molecule has 0 saturated heterocycles. The first kappa shape index (κ1) is 17.9. The molecule has 0 fully saturated rings. The van der Waals surface area contributed by atoms with E-state index in [4.69, 9.17) is 4.98 Å². The molecule has 1 amide bonds. The van der Waals surface area contributed by atoms with Gasteiger partial charge in [-0.3, -0.25) is 9.69 Å². The lowest BCUT2D eigenvalue weighted by Gasteiger charge is -2.32. The van der Waals surface area contributed by atoms with Crippen molar-refractivity contribution in [3.05, 3.63) is 53.4 Å². The molecule has 5 heteroatoms. The second kappa shape index (κ2) is 7.45. The molecule has 0 radical (unpaired) electrons. The van der Waals surface area contributed by atoms with E-state index in [0.717, 1.165) is 34.8 Å². The largest absolute Gasteiger partial charge is 0.368 e. The Morgan fingerprint density at radius 2 is 2.21 bits per heavy atom. The number of nitrogens with one attached hydrogen (secondary N) is 2. The molecule has 24 heavy (non-hydrogen) atoms. The number of hydrogen-bond donors (Lipinski definition) is 2. The summed E-state index contributed by atoms with van der Waals surface area (Å²) in [5, 5.41) is 6.08. The van der Waals surface area contributed by atoms with Crippen LogP contribution in [0.5, 0.6) is 0 Å². The second-order valence-corrected chi connectivity index (χ2v) is 6.06. The first-order valence-corrected chi connectivity index (χ1v) is 8.10. The summed E-state index contributed by atoms with van der Waals surface area (Å²) in [6.07, 6.45) is 4.00. The SMILES string of the molecule is C=C(/C=C(C)/C(=C/C)C(=O)NC)c1ccc2c(n1)CN(C)C(C)N2. The highest BCUT2D eigenvalue weighted by atomic mass is 16.1. The predicted molar refractivity (Wildman–Crippen MR) is 99.4 cm³/mol. The number of aromatic nitrogens is 1. The van der Waals surface area contributed by atoms with Crippen molar-refractivity contribution < 1.29 is 4.79 Å². The van der Waals surface area contributed by atoms with E-state index in [9.17, 15) is 4.79 Å². The van der Waals surface area contributed by atoms with Crippen LogP contribution in [0.1, 0.15) is 32.2 Å². The summed E-state index contributed by atoms with van der Waals surface area (Å²) in [5.41, 5.74) is 5.21. The summed E-state index contributed by atoms with van der Waals surface area (Å²) >= 11 is 0. The van der Waals surface area contributed by atoms with Crippen LogP contribution in [0, 0.1) is 0 Å². The Bertz CT molecular complexity index is 718. The topological polar surface area (TPSA) is 57.3 Å². The molecular formula is C19H26N4O. The van der Waals surface area contributed by atoms with Gasteiger partial charge in [-0.2, -0.15) is 0 Å². The van der Waals surface area contributed by atoms with Crippen molar-refractivity contribution in [1.29, 1.82) is 0 Å². The standard InChI is InChI=1S/C19H26N4O/c1-7-15(19(24)20-5)12(2)10-13(3)16-8-9-17-18(22-16)11-23(6)14(4)21-17/h7-10,14,21H,3,11H2,1-2,4-6H3,(H,20,24)/b12-10+,15-7-. The van der Waals surface area contributed by atoms with E-state index in [2.05, 4.69) is 36.1 Å². The van der Waals surface area contributed by atoms with E-state index in [1.54, 1.807) is 13.1 Å². The third-order valence-electron chi connectivity index (χ3n) is 4.30. The number of amides is 1. The van der Waals surface area contributed by atoms with E-state index >= 15 is 0 Å². The van der Waals surface area contributed by atoms with Crippen LogP contribution in [0.2, 0.25) is 0 Å². The first-order valence-electron chi connectivity index (χ1n) is 8.10. The lowest BCUT2D eigenvalue weighted by Crippen LogP contribution is -2.39. The van der Waals surface area contributed by atoms with Crippen molar-refractivity contribution in [2.24, 2.45) is 0 Å². The summed E-state index contributed by atoms with van der Waals surface area (Å²) < 4.78 is 0. The van der Waals surface area contributed by atoms with Gasteiger partial charge in [0.2, 0.25) is 0 Å². The third-order valence-corrected chi connectivity index (χ3v) is 4.30. The van der Waals surface area contributed by atoms with Crippen LogP contribution in [0.3, 0.4) is 0 Å². The maximum absolute atomic E-state index is 11.9. The Balaban J connectivity index is 2.26. The third kappa shape index (κ3) is 3.74. The van der Waals surface area contributed by atoms with Gasteiger partial charge < -0.3 is 10.6 Å². The lowest BCUT2D eigenvalue weighted by molar-refractivity contribution is -0.116. The molecule has 0 saturated carbocycles. The quantitative estimate of drug-likeness (QED) is 0.660. The van der Waals surface area contributed by atoms with Crippen LogP contribution in [-0.2, 0) is 11.3 Å². The molecule has 0 bridgehead atoms. The molecule has 0 spiro atoms. The smallest absolute Gasteiger partial charge is 0.250 e. The van der Waals surface area contributed by atoms with Crippen LogP contribution in [0.25, 0.3) is 5.57 Å². The van der Waals surface area contributed by atoms with Crippen molar-refractivity contribution in [3.63, 3.8) is 0 Å². The molecule has 0 aromatic carbocycles. The second-order valence-electron chi connectivity index (χ2n) is 6.06. The Morgan fingerprint density at radius 3 is 2.83 bits per heavy atom. The van der Waals surface area contributed by atoms with Crippen LogP contribution in [0.4, 0.5) is 5.69 Å². The number of nitrogens with zero attached hydrogens (tertiary/aromatic N) is 2. The Morgan fingerprint density at radius 1 is 1.50 bits per heavy atom. The van der Waals surface area contributed by atoms with Gasteiger partial charge in [0, 0.05) is 19.2 Å². The summed E-state index contributed by atoms with van der Waals surface area (Å²) in [5.74, 6) is -0.0998. The maximum atomic E-state index is 11.9. The number of allylic oxidation sites excluding steroid dienone is 3. The average molecular weight is 326 g/mol. The van der Waals surface area contributed by atoms with Crippen molar-refractivity contribution in [1.82, 2.24) is 15.2 Å². The minimum atomic E-state index is -0.0998. The van der Waals surface area contributed by atoms with Crippen LogP contribution < -0.4 is 10.6 Å². The molecule has 1 unspecified atom stereocenters. The summed E-state index contributed by atoms with van der Waals surface area (Å²) in [6, 6.07) is 4.01. The number of pyridine rings is 1. The highest BCUT2D eigenvalue weighted by Gasteiger charge is 2.20. The van der Waals surface area contributed by atoms with E-state index in [1.807, 2.05) is 32.1 Å². The van der Waals surface area contributed by atoms with E-state index in [-0.39, 0.29) is 5.91 Å². The summed E-state index contributed by atoms with van der Waals surface area (Å²) in [4.78, 5) is 18.8. The van der Waals surface area contributed by atoms with Crippen molar-refractivity contribution >= 4 is 17.2 Å². The van der Waals surface area contributed by atoms with Gasteiger partial charge in [-0.1, -0.05) is 12.7 Å². The predicted octanol–water partition coefficient (Wildman–Crippen LogP) is 2.94. The van der Waals surface area contributed by atoms with Crippen LogP contribution >= 0.6 is 0 Å². The van der Waals surface area contributed by atoms with E-state index in [1.165, 1.54) is 0 Å². The molecule has 2 rings (SSSR count). The molecule has 1 aromatic heterocycles. The zero-order chi connectivity index (χ0) is 17.9. The van der Waals surface area contributed by atoms with Crippen molar-refractivity contribution in [3.8, 4) is 0 Å². The fourth-order valence-corrected chi connectivity index (χ4v) is 2.73. The number of carbonyl (C=O) groups is 1. The van der Waals surface area contributed by atoms with Gasteiger partial charge in [0.15, 0.2) is 0 Å². The molecule has 128 valence electrons. The Kier molecular flexibility index (Phi) is 5.57. The van der Waals surface area contributed by atoms with Gasteiger partial charge in [0.25, 0.3) is 5.91 Å². The molecule has 1 aliphatic heterocycles. The molecule has 5 nitrogen and oxygen atoms in total. The van der Waals surface area contributed by atoms with Gasteiger partial charge in [0.05, 0.1) is 23.2 Å². The number of anilines is 1. The number of carbonyl (C=O) groups excluding carboxylic acids is 1. The normalized spacial score (nSPS) is 18.6. The number of likely N-dealkylation sites (N-methyl/N-ethyl adjacent to an activating group) is 1. The number of rotatable bonds is 4. The molecule has 2 heterocycles. The van der Waals surface area contributed by atoms with Gasteiger partial charge in [-0.25, -0.2) is 4.98 Å². The Labute approximate surface area is 144 Å². The van der Waals surface area contributed by atoms with Gasteiger partial charge in [-0.15, -0.1) is 0 Å². The van der Waals surface area contributed by atoms with Crippen LogP contribution in [0.15, 0.2) is 42.0 Å². The first-order chi connectivity index (χ1) is 11.4. The molecular weight excluding hydrogens is 300 g/mol. The van der Waals surface area contributed by atoms with Crippen molar-refractivity contribution in [2.75, 3.05) is 19.4 Å². The zero-order valence-electron chi connectivity index (χ0n) is 15.1. The highest BCUT2D eigenvalue weighted by molar-refractivity contribution is 5.98. The fourth-order valence-electron chi connectivity index (χ4n) is 2.73. The fraction of sp³-hybridized carbons (Fsp3) is 0.368. The summed E-state index contributed by atoms with van der Waals surface area (Å²) in [6.45, 7) is 10.8.